The Hall–Kier alpha value is -2.04. The van der Waals surface area contributed by atoms with Gasteiger partial charge in [-0.2, -0.15) is 0 Å². The minimum Gasteiger partial charge on any atom is -0.465 e. The van der Waals surface area contributed by atoms with Gasteiger partial charge in [-0.25, -0.2) is 9.59 Å². The third-order valence-electron chi connectivity index (χ3n) is 4.20. The van der Waals surface area contributed by atoms with Gasteiger partial charge >= 0.3 is 12.1 Å². The van der Waals surface area contributed by atoms with E-state index in [-0.39, 0.29) is 18.1 Å². The van der Waals surface area contributed by atoms with Gasteiger partial charge in [0.05, 0.1) is 12.7 Å². The van der Waals surface area contributed by atoms with Gasteiger partial charge in [0.1, 0.15) is 5.60 Å². The minimum absolute atomic E-state index is 0.124. The van der Waals surface area contributed by atoms with Crippen molar-refractivity contribution < 1.29 is 19.1 Å². The fourth-order valence-corrected chi connectivity index (χ4v) is 3.11. The van der Waals surface area contributed by atoms with Crippen molar-refractivity contribution in [3.8, 4) is 0 Å². The highest BCUT2D eigenvalue weighted by Crippen LogP contribution is 2.33. The number of alkyl carbamates (subject to hydrolysis) is 1. The van der Waals surface area contributed by atoms with Crippen LogP contribution in [0.3, 0.4) is 0 Å². The molecule has 2 atom stereocenters. The summed E-state index contributed by atoms with van der Waals surface area (Å²) in [6.07, 6.45) is 3.65. The molecule has 0 aromatic heterocycles. The van der Waals surface area contributed by atoms with Crippen LogP contribution < -0.4 is 5.32 Å². The number of carbonyl (C=O) groups is 2. The Labute approximate surface area is 143 Å². The maximum absolute atomic E-state index is 11.9. The van der Waals surface area contributed by atoms with Gasteiger partial charge in [0.2, 0.25) is 0 Å². The lowest BCUT2D eigenvalue weighted by Gasteiger charge is -2.31. The molecule has 1 aliphatic carbocycles. The van der Waals surface area contributed by atoms with E-state index in [4.69, 9.17) is 9.47 Å². The van der Waals surface area contributed by atoms with Crippen molar-refractivity contribution in [2.45, 2.75) is 64.0 Å². The Kier molecular flexibility index (Phi) is 5.86. The van der Waals surface area contributed by atoms with Crippen LogP contribution in [0, 0.1) is 0 Å². The SMILES string of the molecule is COC(=O)c1ccc([C@H]2CCC[C@@H](NC(=O)OC(C)(C)C)C2)cc1. The minimum atomic E-state index is -0.484. The number of hydrogen-bond acceptors (Lipinski definition) is 4. The summed E-state index contributed by atoms with van der Waals surface area (Å²) in [7, 11) is 1.38. The molecule has 1 aromatic rings. The summed E-state index contributed by atoms with van der Waals surface area (Å²) in [6.45, 7) is 5.58. The molecule has 1 N–H and O–H groups in total. The largest absolute Gasteiger partial charge is 0.465 e. The van der Waals surface area contributed by atoms with Crippen LogP contribution in [-0.2, 0) is 9.47 Å². The van der Waals surface area contributed by atoms with Gasteiger partial charge in [0.15, 0.2) is 0 Å². The van der Waals surface area contributed by atoms with Crippen LogP contribution in [0.5, 0.6) is 0 Å². The molecule has 0 heterocycles. The van der Waals surface area contributed by atoms with Crippen molar-refractivity contribution in [2.24, 2.45) is 0 Å². The van der Waals surface area contributed by atoms with Gasteiger partial charge in [-0.15, -0.1) is 0 Å². The Morgan fingerprint density at radius 1 is 1.12 bits per heavy atom. The van der Waals surface area contributed by atoms with E-state index in [1.54, 1.807) is 12.1 Å². The Bertz CT molecular complexity index is 574. The maximum atomic E-state index is 11.9. The van der Waals surface area contributed by atoms with Crippen LogP contribution in [0.2, 0.25) is 0 Å². The number of esters is 1. The van der Waals surface area contributed by atoms with Crippen molar-refractivity contribution in [2.75, 3.05) is 7.11 Å². The van der Waals surface area contributed by atoms with Crippen LogP contribution in [0.4, 0.5) is 4.79 Å². The summed E-state index contributed by atoms with van der Waals surface area (Å²) < 4.78 is 10.1. The average molecular weight is 333 g/mol. The lowest BCUT2D eigenvalue weighted by molar-refractivity contribution is 0.0489. The van der Waals surface area contributed by atoms with Gasteiger partial charge in [-0.3, -0.25) is 0 Å². The third kappa shape index (κ3) is 5.25. The smallest absolute Gasteiger partial charge is 0.407 e. The van der Waals surface area contributed by atoms with E-state index < -0.39 is 5.60 Å². The van der Waals surface area contributed by atoms with Crippen LogP contribution >= 0.6 is 0 Å². The first-order valence-corrected chi connectivity index (χ1v) is 8.46. The number of rotatable bonds is 3. The molecule has 0 radical (unpaired) electrons. The van der Waals surface area contributed by atoms with Crippen LogP contribution in [0.1, 0.15) is 68.3 Å². The molecule has 0 spiro atoms. The first-order chi connectivity index (χ1) is 11.3. The predicted molar refractivity (Wildman–Crippen MR) is 92.1 cm³/mol. The number of methoxy groups -OCH3 is 1. The van der Waals surface area contributed by atoms with Crippen molar-refractivity contribution in [3.05, 3.63) is 35.4 Å². The molecule has 2 rings (SSSR count). The molecule has 1 amide bonds. The van der Waals surface area contributed by atoms with E-state index in [1.807, 2.05) is 32.9 Å². The monoisotopic (exact) mass is 333 g/mol. The molecule has 0 saturated heterocycles. The molecule has 5 nitrogen and oxygen atoms in total. The molecule has 1 aliphatic rings. The number of benzene rings is 1. The van der Waals surface area contributed by atoms with Gasteiger partial charge in [0, 0.05) is 6.04 Å². The second-order valence-electron chi connectivity index (χ2n) is 7.32. The average Bonchev–Trinajstić information content (AvgIpc) is 2.52. The fraction of sp³-hybridized carbons (Fsp3) is 0.579. The zero-order valence-corrected chi connectivity index (χ0v) is 14.9. The van der Waals surface area contributed by atoms with Gasteiger partial charge in [0.25, 0.3) is 0 Å². The Balaban J connectivity index is 1.95. The molecular weight excluding hydrogens is 306 g/mol. The number of amides is 1. The van der Waals surface area contributed by atoms with E-state index in [1.165, 1.54) is 12.7 Å². The summed E-state index contributed by atoms with van der Waals surface area (Å²) >= 11 is 0. The predicted octanol–water partition coefficient (Wildman–Crippen LogP) is 4.02. The van der Waals surface area contributed by atoms with Gasteiger partial charge in [-0.05, 0) is 63.6 Å². The third-order valence-corrected chi connectivity index (χ3v) is 4.20. The molecule has 1 fully saturated rings. The van der Waals surface area contributed by atoms with Crippen molar-refractivity contribution >= 4 is 12.1 Å². The quantitative estimate of drug-likeness (QED) is 0.848. The van der Waals surface area contributed by atoms with E-state index >= 15 is 0 Å². The number of carbonyl (C=O) groups excluding carboxylic acids is 2. The lowest BCUT2D eigenvalue weighted by Crippen LogP contribution is -2.41. The van der Waals surface area contributed by atoms with Crippen molar-refractivity contribution in [1.82, 2.24) is 5.32 Å². The molecule has 0 unspecified atom stereocenters. The van der Waals surface area contributed by atoms with Crippen molar-refractivity contribution in [3.63, 3.8) is 0 Å². The Morgan fingerprint density at radius 2 is 1.79 bits per heavy atom. The molecule has 1 aromatic carbocycles. The number of ether oxygens (including phenoxy) is 2. The van der Waals surface area contributed by atoms with Gasteiger partial charge in [-0.1, -0.05) is 18.6 Å². The van der Waals surface area contributed by atoms with Gasteiger partial charge < -0.3 is 14.8 Å². The molecule has 0 bridgehead atoms. The first kappa shape index (κ1) is 18.3. The normalized spacial score (nSPS) is 21.0. The van der Waals surface area contributed by atoms with Crippen molar-refractivity contribution in [1.29, 1.82) is 0 Å². The summed E-state index contributed by atoms with van der Waals surface area (Å²) in [5, 5.41) is 2.98. The summed E-state index contributed by atoms with van der Waals surface area (Å²) in [5.74, 6) is 0.0556. The van der Waals surface area contributed by atoms with E-state index in [0.717, 1.165) is 25.7 Å². The topological polar surface area (TPSA) is 64.6 Å². The highest BCUT2D eigenvalue weighted by atomic mass is 16.6. The second-order valence-corrected chi connectivity index (χ2v) is 7.32. The maximum Gasteiger partial charge on any atom is 0.407 e. The fourth-order valence-electron chi connectivity index (χ4n) is 3.11. The van der Waals surface area contributed by atoms with E-state index in [0.29, 0.717) is 11.5 Å². The summed E-state index contributed by atoms with van der Waals surface area (Å²) in [5.41, 5.74) is 1.26. The van der Waals surface area contributed by atoms with Crippen LogP contribution in [-0.4, -0.2) is 30.8 Å². The van der Waals surface area contributed by atoms with Crippen LogP contribution in [0.25, 0.3) is 0 Å². The Morgan fingerprint density at radius 3 is 2.38 bits per heavy atom. The summed E-state index contributed by atoms with van der Waals surface area (Å²) in [6, 6.07) is 7.68. The van der Waals surface area contributed by atoms with E-state index in [9.17, 15) is 9.59 Å². The van der Waals surface area contributed by atoms with E-state index in [2.05, 4.69) is 5.32 Å². The van der Waals surface area contributed by atoms with Crippen LogP contribution in [0.15, 0.2) is 24.3 Å². The molecule has 0 aliphatic heterocycles. The highest BCUT2D eigenvalue weighted by Gasteiger charge is 2.26. The second kappa shape index (κ2) is 7.69. The molecule has 5 heteroatoms. The number of nitrogens with one attached hydrogen (secondary N) is 1. The zero-order chi connectivity index (χ0) is 17.7. The standard InChI is InChI=1S/C19H27NO4/c1-19(2,3)24-18(22)20-16-7-5-6-15(12-16)13-8-10-14(11-9-13)17(21)23-4/h8-11,15-16H,5-7,12H2,1-4H3,(H,20,22)/t15-,16+/m0/s1. The molecule has 24 heavy (non-hydrogen) atoms. The number of hydrogen-bond donors (Lipinski definition) is 1. The molecule has 132 valence electrons. The molecule has 1 saturated carbocycles. The highest BCUT2D eigenvalue weighted by molar-refractivity contribution is 5.89. The molecular formula is C19H27NO4. The lowest BCUT2D eigenvalue weighted by atomic mass is 9.81. The first-order valence-electron chi connectivity index (χ1n) is 8.46. The summed E-state index contributed by atoms with van der Waals surface area (Å²) in [4.78, 5) is 23.4. The zero-order valence-electron chi connectivity index (χ0n) is 14.9.